The van der Waals surface area contributed by atoms with E-state index in [1.165, 1.54) is 0 Å². The topological polar surface area (TPSA) is 92.1 Å². The second-order valence-electron chi connectivity index (χ2n) is 6.59. The van der Waals surface area contributed by atoms with Gasteiger partial charge in [0.05, 0.1) is 23.5 Å². The molecule has 3 N–H and O–H groups in total. The Balaban J connectivity index is 1.58. The van der Waals surface area contributed by atoms with E-state index in [0.29, 0.717) is 19.5 Å². The van der Waals surface area contributed by atoms with Crippen LogP contribution in [0.25, 0.3) is 16.9 Å². The summed E-state index contributed by atoms with van der Waals surface area (Å²) in [5.74, 6) is -0.111. The van der Waals surface area contributed by atoms with Gasteiger partial charge in [-0.1, -0.05) is 18.2 Å². The van der Waals surface area contributed by atoms with Crippen molar-refractivity contribution < 1.29 is 9.90 Å². The van der Waals surface area contributed by atoms with Gasteiger partial charge in [0.1, 0.15) is 0 Å². The van der Waals surface area contributed by atoms with Crippen LogP contribution >= 0.6 is 0 Å². The Labute approximate surface area is 157 Å². The quantitative estimate of drug-likeness (QED) is 0.635. The van der Waals surface area contributed by atoms with E-state index < -0.39 is 6.10 Å². The number of aromatic nitrogens is 3. The zero-order valence-electron chi connectivity index (χ0n) is 14.7. The molecule has 1 fully saturated rings. The summed E-state index contributed by atoms with van der Waals surface area (Å²) in [7, 11) is 0. The van der Waals surface area contributed by atoms with Gasteiger partial charge >= 0.3 is 0 Å². The lowest BCUT2D eigenvalue weighted by Gasteiger charge is -2.11. The summed E-state index contributed by atoms with van der Waals surface area (Å²) in [4.78, 5) is 16.4. The van der Waals surface area contributed by atoms with E-state index in [1.54, 1.807) is 12.4 Å². The fourth-order valence-corrected chi connectivity index (χ4v) is 3.23. The molecule has 0 spiro atoms. The number of nitrogens with one attached hydrogen (secondary N) is 2. The minimum atomic E-state index is -0.464. The van der Waals surface area contributed by atoms with Gasteiger partial charge in [0.2, 0.25) is 5.91 Å². The van der Waals surface area contributed by atoms with Crippen molar-refractivity contribution in [2.45, 2.75) is 25.1 Å². The van der Waals surface area contributed by atoms with Crippen LogP contribution in [-0.4, -0.2) is 44.5 Å². The van der Waals surface area contributed by atoms with E-state index in [4.69, 9.17) is 5.10 Å². The molecule has 1 aliphatic rings. The lowest BCUT2D eigenvalue weighted by atomic mass is 10.1. The Morgan fingerprint density at radius 3 is 2.70 bits per heavy atom. The van der Waals surface area contributed by atoms with Crippen molar-refractivity contribution in [3.8, 4) is 16.9 Å². The number of aliphatic hydroxyl groups is 1. The zero-order chi connectivity index (χ0) is 18.6. The van der Waals surface area contributed by atoms with Gasteiger partial charge in [-0.05, 0) is 30.7 Å². The SMILES string of the molecule is O=C(NCc1cn(-c2ccccc2)nc1-c1ccncc1)[C@@H]1C[C@@H](O)CN1. The second kappa shape index (κ2) is 7.69. The minimum absolute atomic E-state index is 0.111. The van der Waals surface area contributed by atoms with Crippen molar-refractivity contribution in [1.82, 2.24) is 25.4 Å². The number of nitrogens with zero attached hydrogens (tertiary/aromatic N) is 3. The van der Waals surface area contributed by atoms with Gasteiger partial charge < -0.3 is 15.7 Å². The van der Waals surface area contributed by atoms with Crippen LogP contribution in [-0.2, 0) is 11.3 Å². The van der Waals surface area contributed by atoms with Crippen LogP contribution in [0.15, 0.2) is 61.1 Å². The highest BCUT2D eigenvalue weighted by molar-refractivity contribution is 5.82. The highest BCUT2D eigenvalue weighted by Crippen LogP contribution is 2.23. The number of hydrogen-bond donors (Lipinski definition) is 3. The number of carbonyl (C=O) groups excluding carboxylic acids is 1. The standard InChI is InChI=1S/C20H21N5O2/c26-17-10-18(22-12-17)20(27)23-11-15-13-25(16-4-2-1-3-5-16)24-19(15)14-6-8-21-9-7-14/h1-9,13,17-18,22,26H,10-12H2,(H,23,27)/t17-,18+/m1/s1. The molecule has 1 aromatic carbocycles. The fourth-order valence-electron chi connectivity index (χ4n) is 3.23. The van der Waals surface area contributed by atoms with Crippen LogP contribution in [0, 0.1) is 0 Å². The molecule has 7 nitrogen and oxygen atoms in total. The number of rotatable bonds is 5. The molecule has 27 heavy (non-hydrogen) atoms. The van der Waals surface area contributed by atoms with E-state index in [0.717, 1.165) is 22.5 Å². The van der Waals surface area contributed by atoms with Crippen molar-refractivity contribution in [2.24, 2.45) is 0 Å². The average Bonchev–Trinajstić information content (AvgIpc) is 3.34. The maximum absolute atomic E-state index is 12.4. The first-order valence-electron chi connectivity index (χ1n) is 8.94. The van der Waals surface area contributed by atoms with E-state index in [1.807, 2.05) is 53.3 Å². The first kappa shape index (κ1) is 17.4. The Kier molecular flexibility index (Phi) is 4.95. The molecule has 0 bridgehead atoms. The normalized spacial score (nSPS) is 19.1. The van der Waals surface area contributed by atoms with Crippen LogP contribution in [0.5, 0.6) is 0 Å². The van der Waals surface area contributed by atoms with Gasteiger partial charge in [-0.15, -0.1) is 0 Å². The van der Waals surface area contributed by atoms with Crippen molar-refractivity contribution in [2.75, 3.05) is 6.54 Å². The molecule has 0 radical (unpaired) electrons. The van der Waals surface area contributed by atoms with Gasteiger partial charge in [0, 0.05) is 42.8 Å². The molecule has 3 aromatic rings. The number of amides is 1. The van der Waals surface area contributed by atoms with Gasteiger partial charge in [-0.3, -0.25) is 9.78 Å². The molecule has 1 aliphatic heterocycles. The van der Waals surface area contributed by atoms with Crippen molar-refractivity contribution >= 4 is 5.91 Å². The molecule has 0 saturated carbocycles. The number of hydrogen-bond acceptors (Lipinski definition) is 5. The Bertz CT molecular complexity index is 911. The third kappa shape index (κ3) is 3.89. The lowest BCUT2D eigenvalue weighted by molar-refractivity contribution is -0.123. The first-order chi connectivity index (χ1) is 13.2. The van der Waals surface area contributed by atoms with E-state index in [2.05, 4.69) is 15.6 Å². The molecule has 2 aromatic heterocycles. The summed E-state index contributed by atoms with van der Waals surface area (Å²) in [5, 5.41) is 20.3. The van der Waals surface area contributed by atoms with Crippen molar-refractivity contribution in [3.05, 3.63) is 66.6 Å². The summed E-state index contributed by atoms with van der Waals surface area (Å²) >= 11 is 0. The molecule has 138 valence electrons. The number of β-amino-alcohol motifs (C(OH)–C–C–N with tert-alkyl or cyclic N) is 1. The maximum Gasteiger partial charge on any atom is 0.237 e. The van der Waals surface area contributed by atoms with E-state index in [9.17, 15) is 9.90 Å². The van der Waals surface area contributed by atoms with Gasteiger partial charge in [-0.2, -0.15) is 5.10 Å². The first-order valence-corrected chi connectivity index (χ1v) is 8.94. The minimum Gasteiger partial charge on any atom is -0.392 e. The third-order valence-corrected chi connectivity index (χ3v) is 4.64. The molecule has 0 aliphatic carbocycles. The summed E-state index contributed by atoms with van der Waals surface area (Å²) in [6.45, 7) is 0.809. The van der Waals surface area contributed by atoms with Crippen molar-refractivity contribution in [3.63, 3.8) is 0 Å². The maximum atomic E-state index is 12.4. The summed E-state index contributed by atoms with van der Waals surface area (Å²) < 4.78 is 1.81. The predicted octanol–water partition coefficient (Wildman–Crippen LogP) is 1.27. The van der Waals surface area contributed by atoms with Crippen LogP contribution in [0.2, 0.25) is 0 Å². The number of benzene rings is 1. The zero-order valence-corrected chi connectivity index (χ0v) is 14.7. The number of aliphatic hydroxyl groups excluding tert-OH is 1. The molecule has 0 unspecified atom stereocenters. The molecular weight excluding hydrogens is 342 g/mol. The Hall–Kier alpha value is -3.03. The van der Waals surface area contributed by atoms with E-state index in [-0.39, 0.29) is 11.9 Å². The third-order valence-electron chi connectivity index (χ3n) is 4.64. The lowest BCUT2D eigenvalue weighted by Crippen LogP contribution is -2.40. The summed E-state index contributed by atoms with van der Waals surface area (Å²) in [5.41, 5.74) is 3.61. The van der Waals surface area contributed by atoms with Crippen molar-refractivity contribution in [1.29, 1.82) is 0 Å². The molecular formula is C20H21N5O2. The summed E-state index contributed by atoms with van der Waals surface area (Å²) in [6, 6.07) is 13.3. The molecule has 7 heteroatoms. The number of pyridine rings is 1. The summed E-state index contributed by atoms with van der Waals surface area (Å²) in [6.07, 6.45) is 5.36. The smallest absolute Gasteiger partial charge is 0.237 e. The molecule has 2 atom stereocenters. The van der Waals surface area contributed by atoms with Crippen LogP contribution in [0.4, 0.5) is 0 Å². The van der Waals surface area contributed by atoms with Crippen LogP contribution < -0.4 is 10.6 Å². The van der Waals surface area contributed by atoms with E-state index >= 15 is 0 Å². The molecule has 3 heterocycles. The number of carbonyl (C=O) groups is 1. The van der Waals surface area contributed by atoms with Crippen LogP contribution in [0.1, 0.15) is 12.0 Å². The molecule has 1 amide bonds. The fraction of sp³-hybridized carbons (Fsp3) is 0.250. The second-order valence-corrected chi connectivity index (χ2v) is 6.59. The Morgan fingerprint density at radius 1 is 1.22 bits per heavy atom. The Morgan fingerprint density at radius 2 is 2.00 bits per heavy atom. The van der Waals surface area contributed by atoms with Gasteiger partial charge in [0.25, 0.3) is 0 Å². The number of para-hydroxylation sites is 1. The molecule has 4 rings (SSSR count). The largest absolute Gasteiger partial charge is 0.392 e. The average molecular weight is 363 g/mol. The highest BCUT2D eigenvalue weighted by atomic mass is 16.3. The monoisotopic (exact) mass is 363 g/mol. The van der Waals surface area contributed by atoms with Crippen LogP contribution in [0.3, 0.4) is 0 Å². The molecule has 1 saturated heterocycles. The van der Waals surface area contributed by atoms with Gasteiger partial charge in [0.15, 0.2) is 0 Å². The van der Waals surface area contributed by atoms with Gasteiger partial charge in [-0.25, -0.2) is 4.68 Å². The predicted molar refractivity (Wildman–Crippen MR) is 101 cm³/mol. The highest BCUT2D eigenvalue weighted by Gasteiger charge is 2.28.